The molecule has 0 saturated heterocycles. The molecule has 0 fully saturated rings. The second kappa shape index (κ2) is 8.80. The minimum Gasteiger partial charge on any atom is -0.413 e. The predicted octanol–water partition coefficient (Wildman–Crippen LogP) is 6.98. The fourth-order valence-electron chi connectivity index (χ4n) is 3.51. The number of fused-ring (bicyclic) bond motifs is 1. The topological polar surface area (TPSA) is 73.8 Å². The molecule has 10 heteroatoms. The number of hydrogen-bond donors (Lipinski definition) is 0. The highest BCUT2D eigenvalue weighted by molar-refractivity contribution is 6.38. The monoisotopic (exact) mass is 516 g/mol. The maximum absolute atomic E-state index is 13.4. The van der Waals surface area contributed by atoms with Crippen molar-refractivity contribution in [2.24, 2.45) is 0 Å². The van der Waals surface area contributed by atoms with Crippen molar-refractivity contribution in [3.63, 3.8) is 0 Å². The summed E-state index contributed by atoms with van der Waals surface area (Å²) >= 11 is 25.4. The lowest BCUT2D eigenvalue weighted by molar-refractivity contribution is 0.100. The predicted molar refractivity (Wildman–Crippen MR) is 128 cm³/mol. The average Bonchev–Trinajstić information content (AvgIpc) is 3.39. The molecule has 0 bridgehead atoms. The summed E-state index contributed by atoms with van der Waals surface area (Å²) < 4.78 is 7.40. The van der Waals surface area contributed by atoms with E-state index >= 15 is 0 Å². The number of rotatable bonds is 5. The lowest BCUT2D eigenvalue weighted by Crippen LogP contribution is -2.04. The SMILES string of the molecule is O=C(c1nnc(-c2cccnc2)o1)c1c(Cl)n(Cc2ccc(Cl)cc2Cl)c2ccc(Cl)cc12. The Bertz CT molecular complexity index is 1510. The van der Waals surface area contributed by atoms with Crippen LogP contribution in [-0.2, 0) is 6.54 Å². The smallest absolute Gasteiger partial charge is 0.289 e. The molecule has 0 saturated carbocycles. The van der Waals surface area contributed by atoms with Gasteiger partial charge in [-0.15, -0.1) is 10.2 Å². The third-order valence-corrected chi connectivity index (χ3v) is 6.28. The number of nitrogens with zero attached hydrogens (tertiary/aromatic N) is 4. The number of benzene rings is 2. The van der Waals surface area contributed by atoms with Crippen molar-refractivity contribution in [3.8, 4) is 11.5 Å². The first kappa shape index (κ1) is 21.9. The Labute approximate surface area is 207 Å². The zero-order valence-corrected chi connectivity index (χ0v) is 19.6. The van der Waals surface area contributed by atoms with Crippen LogP contribution in [0.1, 0.15) is 21.8 Å². The van der Waals surface area contributed by atoms with E-state index in [4.69, 9.17) is 50.8 Å². The van der Waals surface area contributed by atoms with Crippen LogP contribution in [0.2, 0.25) is 20.2 Å². The van der Waals surface area contributed by atoms with Crippen LogP contribution in [0, 0.1) is 0 Å². The number of carbonyl (C=O) groups is 1. The molecule has 0 spiro atoms. The van der Waals surface area contributed by atoms with Gasteiger partial charge in [-0.05, 0) is 48.0 Å². The Morgan fingerprint density at radius 3 is 2.52 bits per heavy atom. The van der Waals surface area contributed by atoms with Crippen LogP contribution in [0.5, 0.6) is 0 Å². The van der Waals surface area contributed by atoms with Gasteiger partial charge in [0.25, 0.3) is 11.7 Å². The summed E-state index contributed by atoms with van der Waals surface area (Å²) in [5.74, 6) is -0.535. The highest BCUT2D eigenvalue weighted by Gasteiger charge is 2.27. The Hall–Kier alpha value is -2.90. The Kier molecular flexibility index (Phi) is 5.85. The van der Waals surface area contributed by atoms with Crippen LogP contribution >= 0.6 is 46.4 Å². The molecular weight excluding hydrogens is 506 g/mol. The van der Waals surface area contributed by atoms with E-state index in [9.17, 15) is 4.79 Å². The third-order valence-electron chi connectivity index (χ3n) is 5.06. The van der Waals surface area contributed by atoms with Gasteiger partial charge >= 0.3 is 0 Å². The van der Waals surface area contributed by atoms with Gasteiger partial charge in [0.15, 0.2) is 0 Å². The van der Waals surface area contributed by atoms with E-state index in [1.165, 1.54) is 0 Å². The minimum atomic E-state index is -0.518. The molecule has 3 aromatic heterocycles. The fraction of sp³-hybridized carbons (Fsp3) is 0.0435. The van der Waals surface area contributed by atoms with Gasteiger partial charge in [-0.25, -0.2) is 0 Å². The van der Waals surface area contributed by atoms with Gasteiger partial charge in [0.1, 0.15) is 5.15 Å². The Morgan fingerprint density at radius 2 is 1.76 bits per heavy atom. The largest absolute Gasteiger partial charge is 0.413 e. The number of ketones is 1. The minimum absolute atomic E-state index is 0.178. The second-order valence-electron chi connectivity index (χ2n) is 7.13. The van der Waals surface area contributed by atoms with Gasteiger partial charge < -0.3 is 8.98 Å². The van der Waals surface area contributed by atoms with Crippen LogP contribution in [-0.4, -0.2) is 25.5 Å². The molecule has 164 valence electrons. The number of pyridine rings is 1. The normalized spacial score (nSPS) is 11.3. The van der Waals surface area contributed by atoms with E-state index in [1.807, 2.05) is 6.07 Å². The van der Waals surface area contributed by atoms with E-state index in [1.54, 1.807) is 59.4 Å². The lowest BCUT2D eigenvalue weighted by Gasteiger charge is -2.09. The van der Waals surface area contributed by atoms with Gasteiger partial charge in [0, 0.05) is 32.8 Å². The van der Waals surface area contributed by atoms with E-state index in [-0.39, 0.29) is 22.5 Å². The maximum Gasteiger partial charge on any atom is 0.289 e. The van der Waals surface area contributed by atoms with Crippen molar-refractivity contribution >= 4 is 63.1 Å². The van der Waals surface area contributed by atoms with Crippen molar-refractivity contribution in [2.45, 2.75) is 6.54 Å². The van der Waals surface area contributed by atoms with Crippen molar-refractivity contribution in [1.82, 2.24) is 19.7 Å². The molecule has 33 heavy (non-hydrogen) atoms. The molecule has 0 unspecified atom stereocenters. The molecule has 0 N–H and O–H groups in total. The fourth-order valence-corrected chi connectivity index (χ4v) is 4.49. The number of carbonyl (C=O) groups excluding carboxylic acids is 1. The van der Waals surface area contributed by atoms with E-state index in [0.29, 0.717) is 38.1 Å². The van der Waals surface area contributed by atoms with Crippen molar-refractivity contribution in [2.75, 3.05) is 0 Å². The van der Waals surface area contributed by atoms with Crippen molar-refractivity contribution in [3.05, 3.63) is 98.2 Å². The first-order chi connectivity index (χ1) is 15.9. The lowest BCUT2D eigenvalue weighted by atomic mass is 10.1. The van der Waals surface area contributed by atoms with Gasteiger partial charge in [0.05, 0.1) is 23.2 Å². The first-order valence-corrected chi connectivity index (χ1v) is 11.1. The van der Waals surface area contributed by atoms with Crippen molar-refractivity contribution < 1.29 is 9.21 Å². The molecule has 2 aromatic carbocycles. The molecule has 5 rings (SSSR count). The number of hydrogen-bond acceptors (Lipinski definition) is 5. The zero-order valence-electron chi connectivity index (χ0n) is 16.6. The summed E-state index contributed by atoms with van der Waals surface area (Å²) in [6.45, 7) is 0.311. The van der Waals surface area contributed by atoms with Gasteiger partial charge in [-0.3, -0.25) is 9.78 Å². The van der Waals surface area contributed by atoms with Crippen LogP contribution < -0.4 is 0 Å². The Morgan fingerprint density at radius 1 is 0.970 bits per heavy atom. The van der Waals surface area contributed by atoms with Crippen LogP contribution in [0.3, 0.4) is 0 Å². The van der Waals surface area contributed by atoms with Crippen LogP contribution in [0.4, 0.5) is 0 Å². The van der Waals surface area contributed by atoms with Gasteiger partial charge in [0.2, 0.25) is 5.89 Å². The summed E-state index contributed by atoms with van der Waals surface area (Å²) in [6, 6.07) is 13.9. The summed E-state index contributed by atoms with van der Waals surface area (Å²) in [6.07, 6.45) is 3.19. The quantitative estimate of drug-likeness (QED) is 0.235. The summed E-state index contributed by atoms with van der Waals surface area (Å²) in [7, 11) is 0. The molecule has 6 nitrogen and oxygen atoms in total. The number of halogens is 4. The number of aromatic nitrogens is 4. The molecule has 0 atom stereocenters. The first-order valence-electron chi connectivity index (χ1n) is 9.62. The second-order valence-corrected chi connectivity index (χ2v) is 8.77. The van der Waals surface area contributed by atoms with Crippen molar-refractivity contribution in [1.29, 1.82) is 0 Å². The molecule has 3 heterocycles. The van der Waals surface area contributed by atoms with Gasteiger partial charge in [-0.1, -0.05) is 52.5 Å². The van der Waals surface area contributed by atoms with E-state index in [2.05, 4.69) is 15.2 Å². The summed E-state index contributed by atoms with van der Waals surface area (Å²) in [5.41, 5.74) is 2.29. The van der Waals surface area contributed by atoms with E-state index < -0.39 is 5.78 Å². The Balaban J connectivity index is 1.61. The maximum atomic E-state index is 13.4. The molecule has 0 aliphatic rings. The average molecular weight is 518 g/mol. The molecule has 0 aliphatic heterocycles. The molecule has 0 radical (unpaired) electrons. The van der Waals surface area contributed by atoms with Gasteiger partial charge in [-0.2, -0.15) is 0 Å². The van der Waals surface area contributed by atoms with Crippen LogP contribution in [0.25, 0.3) is 22.4 Å². The van der Waals surface area contributed by atoms with Crippen LogP contribution in [0.15, 0.2) is 65.3 Å². The standard InChI is InChI=1S/C23H12Cl4N4O2/c24-14-5-6-18-16(8-14)19(21(27)31(18)11-13-3-4-15(25)9-17(13)26)20(32)23-30-29-22(33-23)12-2-1-7-28-10-12/h1-10H,11H2. The summed E-state index contributed by atoms with van der Waals surface area (Å²) in [5, 5.41) is 10.1. The third kappa shape index (κ3) is 4.11. The molecule has 0 amide bonds. The molecular formula is C23H12Cl4N4O2. The summed E-state index contributed by atoms with van der Waals surface area (Å²) in [4.78, 5) is 17.4. The molecule has 5 aromatic rings. The zero-order chi connectivity index (χ0) is 23.1. The van der Waals surface area contributed by atoms with E-state index in [0.717, 1.165) is 5.56 Å². The molecule has 0 aliphatic carbocycles. The highest BCUT2D eigenvalue weighted by atomic mass is 35.5. The highest BCUT2D eigenvalue weighted by Crippen LogP contribution is 2.35.